The summed E-state index contributed by atoms with van der Waals surface area (Å²) in [7, 11) is -4.24. The number of phosphoric acid groups is 1. The zero-order chi connectivity index (χ0) is 31.0. The number of carbonyl (C=O) groups is 1. The molecule has 0 amide bonds. The highest BCUT2D eigenvalue weighted by atomic mass is 31.2. The molecule has 0 saturated carbocycles. The molecule has 2 atom stereocenters. The van der Waals surface area contributed by atoms with Crippen LogP contribution >= 0.6 is 7.82 Å². The number of rotatable bonds is 34. The average molecular weight is 622 g/mol. The van der Waals surface area contributed by atoms with Crippen molar-refractivity contribution in [3.05, 3.63) is 0 Å². The van der Waals surface area contributed by atoms with Gasteiger partial charge in [0, 0.05) is 19.6 Å². The molecule has 0 aliphatic heterocycles. The average Bonchev–Trinajstić information content (AvgIpc) is 2.97. The largest absolute Gasteiger partial charge is 0.472 e. The molecule has 0 heterocycles. The molecule has 0 spiro atoms. The van der Waals surface area contributed by atoms with Crippen molar-refractivity contribution in [3.63, 3.8) is 0 Å². The fourth-order valence-electron chi connectivity index (χ4n) is 4.94. The van der Waals surface area contributed by atoms with Crippen LogP contribution in [0.25, 0.3) is 0 Å². The molecule has 0 aromatic carbocycles. The molecule has 2 unspecified atom stereocenters. The maximum absolute atomic E-state index is 12.2. The van der Waals surface area contributed by atoms with E-state index in [4.69, 9.17) is 24.3 Å². The lowest BCUT2D eigenvalue weighted by atomic mass is 10.0. The van der Waals surface area contributed by atoms with E-state index in [1.54, 1.807) is 0 Å². The van der Waals surface area contributed by atoms with Crippen LogP contribution in [0.1, 0.15) is 168 Å². The van der Waals surface area contributed by atoms with Gasteiger partial charge in [-0.2, -0.15) is 0 Å². The van der Waals surface area contributed by atoms with Crippen LogP contribution in [0.4, 0.5) is 0 Å². The number of unbranched alkanes of at least 4 members (excludes halogenated alkanes) is 21. The minimum atomic E-state index is -4.24. The first-order valence-electron chi connectivity index (χ1n) is 17.5. The van der Waals surface area contributed by atoms with E-state index in [1.165, 1.54) is 109 Å². The summed E-state index contributed by atoms with van der Waals surface area (Å²) in [5.74, 6) is -0.345. The lowest BCUT2D eigenvalue weighted by Gasteiger charge is -2.20. The minimum Gasteiger partial charge on any atom is -0.457 e. The van der Waals surface area contributed by atoms with Gasteiger partial charge in [-0.3, -0.25) is 13.8 Å². The number of nitrogens with two attached hydrogens (primary N) is 1. The lowest BCUT2D eigenvalue weighted by Crippen LogP contribution is -2.28. The second kappa shape index (κ2) is 31.9. The summed E-state index contributed by atoms with van der Waals surface area (Å²) in [4.78, 5) is 22.0. The highest BCUT2D eigenvalue weighted by Gasteiger charge is 2.25. The quantitative estimate of drug-likeness (QED) is 0.0414. The first-order valence-corrected chi connectivity index (χ1v) is 19.0. The molecular formula is C33H68NO7P. The molecule has 0 aromatic heterocycles. The molecule has 42 heavy (non-hydrogen) atoms. The smallest absolute Gasteiger partial charge is 0.457 e. The van der Waals surface area contributed by atoms with Crippen molar-refractivity contribution in [2.75, 3.05) is 33.0 Å². The zero-order valence-electron chi connectivity index (χ0n) is 27.5. The van der Waals surface area contributed by atoms with Crippen LogP contribution in [-0.4, -0.2) is 49.9 Å². The molecule has 0 radical (unpaired) electrons. The number of esters is 1. The zero-order valence-corrected chi connectivity index (χ0v) is 28.4. The SMILES string of the molecule is CCCCCCCCCCCCCCCCCCCCCOCC(COP(=O)(O)OCCN)OC(=O)CCCCCC. The highest BCUT2D eigenvalue weighted by Crippen LogP contribution is 2.43. The predicted octanol–water partition coefficient (Wildman–Crippen LogP) is 9.41. The molecule has 0 fully saturated rings. The van der Waals surface area contributed by atoms with E-state index in [0.717, 1.165) is 38.5 Å². The van der Waals surface area contributed by atoms with Crippen molar-refractivity contribution >= 4 is 13.8 Å². The Morgan fingerprint density at radius 1 is 0.619 bits per heavy atom. The molecule has 252 valence electrons. The number of hydrogen-bond donors (Lipinski definition) is 2. The highest BCUT2D eigenvalue weighted by molar-refractivity contribution is 7.47. The number of ether oxygens (including phenoxy) is 2. The van der Waals surface area contributed by atoms with Crippen LogP contribution in [0.5, 0.6) is 0 Å². The first-order chi connectivity index (χ1) is 20.4. The van der Waals surface area contributed by atoms with Gasteiger partial charge < -0.3 is 20.1 Å². The Bertz CT molecular complexity index is 623. The number of carbonyl (C=O) groups excluding carboxylic acids is 1. The van der Waals surface area contributed by atoms with Crippen molar-refractivity contribution < 1.29 is 32.8 Å². The van der Waals surface area contributed by atoms with E-state index in [0.29, 0.717) is 13.0 Å². The molecule has 8 nitrogen and oxygen atoms in total. The molecule has 0 aliphatic rings. The summed E-state index contributed by atoms with van der Waals surface area (Å²) in [6.07, 6.45) is 28.9. The van der Waals surface area contributed by atoms with Crippen LogP contribution in [-0.2, 0) is 27.9 Å². The van der Waals surface area contributed by atoms with Crippen molar-refractivity contribution in [1.82, 2.24) is 0 Å². The minimum absolute atomic E-state index is 0.0917. The maximum atomic E-state index is 12.2. The van der Waals surface area contributed by atoms with Gasteiger partial charge in [-0.15, -0.1) is 0 Å². The van der Waals surface area contributed by atoms with E-state index in [-0.39, 0.29) is 32.3 Å². The molecule has 0 saturated heterocycles. The van der Waals surface area contributed by atoms with E-state index in [9.17, 15) is 14.3 Å². The van der Waals surface area contributed by atoms with Crippen LogP contribution < -0.4 is 5.73 Å². The Hall–Kier alpha value is -0.500. The molecular weight excluding hydrogens is 553 g/mol. The van der Waals surface area contributed by atoms with Crippen LogP contribution in [0, 0.1) is 0 Å². The summed E-state index contributed by atoms with van der Waals surface area (Å²) >= 11 is 0. The fraction of sp³-hybridized carbons (Fsp3) is 0.970. The summed E-state index contributed by atoms with van der Waals surface area (Å²) in [5, 5.41) is 0. The summed E-state index contributed by atoms with van der Waals surface area (Å²) < 4.78 is 32.9. The van der Waals surface area contributed by atoms with Crippen LogP contribution in [0.3, 0.4) is 0 Å². The Morgan fingerprint density at radius 2 is 1.05 bits per heavy atom. The van der Waals surface area contributed by atoms with Gasteiger partial charge >= 0.3 is 13.8 Å². The van der Waals surface area contributed by atoms with Gasteiger partial charge in [-0.1, -0.05) is 149 Å². The van der Waals surface area contributed by atoms with Gasteiger partial charge in [-0.05, 0) is 12.8 Å². The third-order valence-corrected chi connectivity index (χ3v) is 8.51. The molecule has 3 N–H and O–H groups in total. The van der Waals surface area contributed by atoms with Crippen molar-refractivity contribution in [2.24, 2.45) is 5.73 Å². The van der Waals surface area contributed by atoms with Crippen molar-refractivity contribution in [2.45, 2.75) is 174 Å². The van der Waals surface area contributed by atoms with Gasteiger partial charge in [0.1, 0.15) is 6.10 Å². The van der Waals surface area contributed by atoms with Gasteiger partial charge in [-0.25, -0.2) is 4.57 Å². The van der Waals surface area contributed by atoms with E-state index >= 15 is 0 Å². The Kier molecular flexibility index (Phi) is 31.5. The van der Waals surface area contributed by atoms with Gasteiger partial charge in [0.15, 0.2) is 0 Å². The lowest BCUT2D eigenvalue weighted by molar-refractivity contribution is -0.154. The fourth-order valence-corrected chi connectivity index (χ4v) is 5.70. The molecule has 0 aliphatic carbocycles. The summed E-state index contributed by atoms with van der Waals surface area (Å²) in [6, 6.07) is 0. The third kappa shape index (κ3) is 30.9. The predicted molar refractivity (Wildman–Crippen MR) is 174 cm³/mol. The molecule has 9 heteroatoms. The standard InChI is InChI=1S/C33H68NO7P/c1-3-5-7-9-10-11-12-13-14-15-16-17-18-19-20-21-22-23-25-28-38-30-32(31-40-42(36,37)39-29-27-34)41-33(35)26-24-8-6-4-2/h32H,3-31,34H2,1-2H3,(H,36,37). The topological polar surface area (TPSA) is 117 Å². The Labute approximate surface area is 259 Å². The second-order valence-electron chi connectivity index (χ2n) is 11.7. The first kappa shape index (κ1) is 41.5. The van der Waals surface area contributed by atoms with Gasteiger partial charge in [0.2, 0.25) is 0 Å². The number of phosphoric ester groups is 1. The maximum Gasteiger partial charge on any atom is 0.472 e. The monoisotopic (exact) mass is 621 g/mol. The second-order valence-corrected chi connectivity index (χ2v) is 13.2. The molecule has 0 bridgehead atoms. The molecule has 0 rings (SSSR count). The Balaban J connectivity index is 3.80. The van der Waals surface area contributed by atoms with E-state index < -0.39 is 13.9 Å². The number of hydrogen-bond acceptors (Lipinski definition) is 7. The van der Waals surface area contributed by atoms with Crippen LogP contribution in [0.2, 0.25) is 0 Å². The molecule has 0 aromatic rings. The summed E-state index contributed by atoms with van der Waals surface area (Å²) in [5.41, 5.74) is 5.31. The van der Waals surface area contributed by atoms with Gasteiger partial charge in [0.25, 0.3) is 0 Å². The van der Waals surface area contributed by atoms with Crippen molar-refractivity contribution in [3.8, 4) is 0 Å². The van der Waals surface area contributed by atoms with E-state index in [2.05, 4.69) is 13.8 Å². The Morgan fingerprint density at radius 3 is 1.50 bits per heavy atom. The van der Waals surface area contributed by atoms with E-state index in [1.807, 2.05) is 0 Å². The normalized spacial score (nSPS) is 13.7. The van der Waals surface area contributed by atoms with Crippen molar-refractivity contribution in [1.29, 1.82) is 0 Å². The third-order valence-electron chi connectivity index (χ3n) is 7.52. The van der Waals surface area contributed by atoms with Gasteiger partial charge in [0.05, 0.1) is 19.8 Å². The van der Waals surface area contributed by atoms with Crippen LogP contribution in [0.15, 0.2) is 0 Å². The summed E-state index contributed by atoms with van der Waals surface area (Å²) in [6.45, 7) is 4.82.